The van der Waals surface area contributed by atoms with Gasteiger partial charge in [-0.3, -0.25) is 9.59 Å². The van der Waals surface area contributed by atoms with Gasteiger partial charge in [-0.25, -0.2) is 4.79 Å². The Balaban J connectivity index is 4.04. The molecule has 0 bridgehead atoms. The number of unbranched alkanes of at least 4 members (excludes halogenated alkanes) is 39. The summed E-state index contributed by atoms with van der Waals surface area (Å²) in [4.78, 5) is 37.6. The maximum absolute atomic E-state index is 13.0. The molecule has 0 aromatic carbocycles. The molecule has 0 aromatic heterocycles. The zero-order valence-electron chi connectivity index (χ0n) is 57.7. The lowest BCUT2D eigenvalue weighted by Gasteiger charge is -2.25. The minimum Gasteiger partial charge on any atom is -0.477 e. The Morgan fingerprint density at radius 1 is 0.356 bits per heavy atom. The zero-order valence-corrected chi connectivity index (χ0v) is 57.7. The lowest BCUT2D eigenvalue weighted by atomic mass is 10.0. The average molecular weight is 1220 g/mol. The number of carbonyl (C=O) groups excluding carboxylic acids is 2. The number of hydrogen-bond acceptors (Lipinski definition) is 7. The van der Waals surface area contributed by atoms with E-state index in [4.69, 9.17) is 18.9 Å². The molecule has 0 aromatic rings. The molecule has 0 spiro atoms. The normalized spacial score (nSPS) is 13.2. The topological polar surface area (TPSA) is 108 Å². The molecule has 87 heavy (non-hydrogen) atoms. The molecule has 0 aliphatic heterocycles. The smallest absolute Gasteiger partial charge is 0.361 e. The van der Waals surface area contributed by atoms with Crippen LogP contribution in [0, 0.1) is 0 Å². The van der Waals surface area contributed by atoms with Crippen molar-refractivity contribution in [3.05, 3.63) is 85.1 Å². The standard InChI is InChI=1S/C78H139NO8/c1-6-8-10-12-14-16-18-20-22-24-26-28-30-31-32-33-34-35-36-37-38-39-40-41-42-43-44-45-47-49-51-53-55-57-59-61-63-65-67-69-76(81)87-74(73-86-78(77(82)83)84-71-70-79(3,4)5)72-85-75(80)68-66-64-62-60-58-56-54-52-50-48-46-29-27-25-23-21-19-17-15-13-11-9-7-2/h8,10,14,16,20,22,26,28,31-32,34-35,37-38,74,78H,6-7,9,11-13,15,17-19,21,23-25,27,29-30,33,36,39-73H2,1-5H3/p+1/b10-8-,16-14-,22-20-,28-26-,32-31-,35-34-,38-37-. The van der Waals surface area contributed by atoms with Crippen LogP contribution in [-0.4, -0.2) is 87.4 Å². The Hall–Kier alpha value is -3.53. The summed E-state index contributed by atoms with van der Waals surface area (Å²) in [6, 6.07) is 0. The van der Waals surface area contributed by atoms with E-state index in [0.29, 0.717) is 17.4 Å². The van der Waals surface area contributed by atoms with Gasteiger partial charge in [-0.05, 0) is 70.6 Å². The summed E-state index contributed by atoms with van der Waals surface area (Å²) in [5, 5.41) is 9.75. The third kappa shape index (κ3) is 69.8. The first-order valence-corrected chi connectivity index (χ1v) is 36.8. The number of carbonyl (C=O) groups is 3. The summed E-state index contributed by atoms with van der Waals surface area (Å²) in [5.74, 6) is -1.98. The van der Waals surface area contributed by atoms with Crippen LogP contribution in [0.1, 0.15) is 335 Å². The molecule has 0 saturated heterocycles. The van der Waals surface area contributed by atoms with E-state index in [1.165, 1.54) is 225 Å². The molecule has 1 N–H and O–H groups in total. The second kappa shape index (κ2) is 68.4. The van der Waals surface area contributed by atoms with Gasteiger partial charge in [-0.15, -0.1) is 0 Å². The van der Waals surface area contributed by atoms with Gasteiger partial charge in [0.2, 0.25) is 0 Å². The van der Waals surface area contributed by atoms with Gasteiger partial charge in [-0.2, -0.15) is 0 Å². The third-order valence-electron chi connectivity index (χ3n) is 16.2. The highest BCUT2D eigenvalue weighted by atomic mass is 16.7. The van der Waals surface area contributed by atoms with Crippen LogP contribution in [0.2, 0.25) is 0 Å². The van der Waals surface area contributed by atoms with Gasteiger partial charge < -0.3 is 28.5 Å². The van der Waals surface area contributed by atoms with E-state index in [9.17, 15) is 19.5 Å². The molecular weight excluding hydrogens is 1080 g/mol. The first-order chi connectivity index (χ1) is 42.6. The van der Waals surface area contributed by atoms with Gasteiger partial charge in [0, 0.05) is 12.8 Å². The van der Waals surface area contributed by atoms with Crippen LogP contribution in [0.25, 0.3) is 0 Å². The third-order valence-corrected chi connectivity index (χ3v) is 16.2. The molecule has 0 saturated carbocycles. The average Bonchev–Trinajstić information content (AvgIpc) is 3.55. The largest absolute Gasteiger partial charge is 0.477 e. The second-order valence-electron chi connectivity index (χ2n) is 25.9. The van der Waals surface area contributed by atoms with Crippen LogP contribution in [0.3, 0.4) is 0 Å². The van der Waals surface area contributed by atoms with Crippen molar-refractivity contribution in [2.24, 2.45) is 0 Å². The summed E-state index contributed by atoms with van der Waals surface area (Å²) < 4.78 is 23.0. The number of aliphatic carboxylic acids is 1. The molecule has 0 amide bonds. The van der Waals surface area contributed by atoms with Crippen molar-refractivity contribution in [2.75, 3.05) is 47.5 Å². The van der Waals surface area contributed by atoms with Crippen molar-refractivity contribution < 1.29 is 42.9 Å². The number of ether oxygens (including phenoxy) is 4. The molecule has 0 aliphatic rings. The number of allylic oxidation sites excluding steroid dienone is 14. The Labute approximate surface area is 538 Å². The summed E-state index contributed by atoms with van der Waals surface area (Å²) in [7, 11) is 5.99. The van der Waals surface area contributed by atoms with Crippen LogP contribution in [0.15, 0.2) is 85.1 Å². The van der Waals surface area contributed by atoms with Gasteiger partial charge in [0.15, 0.2) is 6.10 Å². The van der Waals surface area contributed by atoms with Crippen molar-refractivity contribution >= 4 is 17.9 Å². The summed E-state index contributed by atoms with van der Waals surface area (Å²) in [5.41, 5.74) is 0. The van der Waals surface area contributed by atoms with Gasteiger partial charge in [0.05, 0.1) is 34.4 Å². The lowest BCUT2D eigenvalue weighted by molar-refractivity contribution is -0.870. The summed E-state index contributed by atoms with van der Waals surface area (Å²) in [6.45, 7) is 4.82. The number of hydrogen-bond donors (Lipinski definition) is 1. The van der Waals surface area contributed by atoms with Crippen LogP contribution in [0.4, 0.5) is 0 Å². The van der Waals surface area contributed by atoms with Gasteiger partial charge >= 0.3 is 17.9 Å². The highest BCUT2D eigenvalue weighted by molar-refractivity contribution is 5.71. The second-order valence-corrected chi connectivity index (χ2v) is 25.9. The minimum atomic E-state index is -1.51. The molecule has 0 rings (SSSR count). The van der Waals surface area contributed by atoms with Crippen LogP contribution >= 0.6 is 0 Å². The van der Waals surface area contributed by atoms with E-state index >= 15 is 0 Å². The fourth-order valence-corrected chi connectivity index (χ4v) is 10.6. The van der Waals surface area contributed by atoms with Gasteiger partial charge in [-0.1, -0.05) is 336 Å². The highest BCUT2D eigenvalue weighted by Gasteiger charge is 2.25. The molecule has 9 nitrogen and oxygen atoms in total. The van der Waals surface area contributed by atoms with Crippen LogP contribution in [0.5, 0.6) is 0 Å². The van der Waals surface area contributed by atoms with Crippen molar-refractivity contribution in [3.63, 3.8) is 0 Å². The fourth-order valence-electron chi connectivity index (χ4n) is 10.6. The molecular formula is C78H140NO8+. The summed E-state index contributed by atoms with van der Waals surface area (Å²) >= 11 is 0. The van der Waals surface area contributed by atoms with E-state index < -0.39 is 18.4 Å². The predicted octanol–water partition coefficient (Wildman–Crippen LogP) is 23.0. The monoisotopic (exact) mass is 1220 g/mol. The van der Waals surface area contributed by atoms with Crippen molar-refractivity contribution in [1.29, 1.82) is 0 Å². The maximum atomic E-state index is 13.0. The Morgan fingerprint density at radius 2 is 0.655 bits per heavy atom. The number of likely N-dealkylation sites (N-methyl/N-ethyl adjacent to an activating group) is 1. The van der Waals surface area contributed by atoms with E-state index in [1.807, 2.05) is 21.1 Å². The number of rotatable bonds is 68. The molecule has 0 aliphatic carbocycles. The maximum Gasteiger partial charge on any atom is 0.361 e. The Kier molecular flexibility index (Phi) is 65.6. The van der Waals surface area contributed by atoms with Crippen LogP contribution in [-0.2, 0) is 33.3 Å². The molecule has 0 fully saturated rings. The summed E-state index contributed by atoms with van der Waals surface area (Å²) in [6.07, 6.45) is 89.9. The van der Waals surface area contributed by atoms with E-state index in [2.05, 4.69) is 98.9 Å². The Bertz CT molecular complexity index is 1700. The molecule has 9 heteroatoms. The molecule has 0 heterocycles. The van der Waals surface area contributed by atoms with E-state index in [1.54, 1.807) is 0 Å². The minimum absolute atomic E-state index is 0.179. The van der Waals surface area contributed by atoms with Crippen LogP contribution < -0.4 is 0 Å². The van der Waals surface area contributed by atoms with Gasteiger partial charge in [0.1, 0.15) is 13.2 Å². The van der Waals surface area contributed by atoms with Crippen molar-refractivity contribution in [3.8, 4) is 0 Å². The Morgan fingerprint density at radius 3 is 0.977 bits per heavy atom. The quantitative estimate of drug-likeness (QED) is 0.0211. The molecule has 0 radical (unpaired) electrons. The van der Waals surface area contributed by atoms with E-state index in [-0.39, 0.29) is 38.2 Å². The number of nitrogens with zero attached hydrogens (tertiary/aromatic N) is 1. The first kappa shape index (κ1) is 83.5. The zero-order chi connectivity index (χ0) is 63.3. The lowest BCUT2D eigenvalue weighted by Crippen LogP contribution is -2.40. The van der Waals surface area contributed by atoms with E-state index in [0.717, 1.165) is 83.5 Å². The number of carboxylic acid groups (broad SMARTS) is 1. The first-order valence-electron chi connectivity index (χ1n) is 36.8. The number of carboxylic acids is 1. The molecule has 2 atom stereocenters. The number of quaternary nitrogens is 1. The van der Waals surface area contributed by atoms with Crippen molar-refractivity contribution in [2.45, 2.75) is 347 Å². The SMILES string of the molecule is CC/C=C\C/C=C\C/C=C\C/C=C\C/C=C\C/C=C\C/C=C\CCCCCCCCCCCCCCCCCCCC(=O)OC(COC(=O)CCCCCCCCCCCCCCCCCCCCCCCCC)COC(OCC[N+](C)(C)C)C(=O)O. The molecule has 504 valence electrons. The number of esters is 2. The fraction of sp³-hybridized carbons (Fsp3) is 0.782. The predicted molar refractivity (Wildman–Crippen MR) is 373 cm³/mol. The highest BCUT2D eigenvalue weighted by Crippen LogP contribution is 2.19. The molecule has 2 unspecified atom stereocenters. The van der Waals surface area contributed by atoms with Crippen molar-refractivity contribution in [1.82, 2.24) is 0 Å². The van der Waals surface area contributed by atoms with Gasteiger partial charge in [0.25, 0.3) is 6.29 Å².